The van der Waals surface area contributed by atoms with Gasteiger partial charge in [0, 0.05) is 11.4 Å². The highest BCUT2D eigenvalue weighted by Gasteiger charge is 2.33. The van der Waals surface area contributed by atoms with Gasteiger partial charge in [0.05, 0.1) is 15.7 Å². The van der Waals surface area contributed by atoms with E-state index in [1.54, 1.807) is 0 Å². The van der Waals surface area contributed by atoms with Crippen LogP contribution in [-0.4, -0.2) is 0 Å². The molecule has 0 saturated carbocycles. The molecule has 0 saturated heterocycles. The maximum atomic E-state index is 13.4. The fourth-order valence-corrected chi connectivity index (χ4v) is 1.88. The molecule has 7 heteroatoms. The molecule has 106 valence electrons. The molecule has 0 heterocycles. The highest BCUT2D eigenvalue weighted by molar-refractivity contribution is 9.10. The van der Waals surface area contributed by atoms with Crippen LogP contribution in [0.3, 0.4) is 0 Å². The lowest BCUT2D eigenvalue weighted by molar-refractivity contribution is -0.136. The van der Waals surface area contributed by atoms with E-state index in [9.17, 15) is 17.6 Å². The first kappa shape index (κ1) is 14.6. The standard InChI is InChI=1S/C13H9BrF4N2/c14-10-3-2-8(6-11(10)15)20-12-4-1-7(19)5-9(12)13(16,17)18/h1-6,20H,19H2. The van der Waals surface area contributed by atoms with Crippen molar-refractivity contribution in [2.45, 2.75) is 6.18 Å². The van der Waals surface area contributed by atoms with Gasteiger partial charge in [-0.05, 0) is 52.3 Å². The SMILES string of the molecule is Nc1ccc(Nc2ccc(Br)c(F)c2)c(C(F)(F)F)c1. The Balaban J connectivity index is 2.40. The van der Waals surface area contributed by atoms with Gasteiger partial charge in [-0.15, -0.1) is 0 Å². The van der Waals surface area contributed by atoms with E-state index in [-0.39, 0.29) is 21.5 Å². The molecule has 0 bridgehead atoms. The summed E-state index contributed by atoms with van der Waals surface area (Å²) in [5.74, 6) is -0.570. The van der Waals surface area contributed by atoms with Gasteiger partial charge in [-0.2, -0.15) is 13.2 Å². The molecule has 2 aromatic carbocycles. The largest absolute Gasteiger partial charge is 0.418 e. The van der Waals surface area contributed by atoms with E-state index in [0.717, 1.165) is 12.1 Å². The predicted molar refractivity (Wildman–Crippen MR) is 73.2 cm³/mol. The molecule has 2 aromatic rings. The lowest BCUT2D eigenvalue weighted by atomic mass is 10.1. The first-order valence-corrected chi connectivity index (χ1v) is 6.25. The highest BCUT2D eigenvalue weighted by Crippen LogP contribution is 2.37. The van der Waals surface area contributed by atoms with Crippen LogP contribution in [0.1, 0.15) is 5.56 Å². The van der Waals surface area contributed by atoms with Crippen LogP contribution < -0.4 is 11.1 Å². The third-order valence-electron chi connectivity index (χ3n) is 2.55. The molecule has 0 unspecified atom stereocenters. The van der Waals surface area contributed by atoms with Gasteiger partial charge in [-0.1, -0.05) is 0 Å². The van der Waals surface area contributed by atoms with E-state index < -0.39 is 17.6 Å². The minimum atomic E-state index is -4.55. The van der Waals surface area contributed by atoms with E-state index in [2.05, 4.69) is 21.2 Å². The molecule has 0 atom stereocenters. The Labute approximate surface area is 120 Å². The van der Waals surface area contributed by atoms with Crippen LogP contribution in [0.2, 0.25) is 0 Å². The lowest BCUT2D eigenvalue weighted by Gasteiger charge is -2.15. The fraction of sp³-hybridized carbons (Fsp3) is 0.0769. The second-order valence-corrected chi connectivity index (χ2v) is 4.91. The highest BCUT2D eigenvalue weighted by atomic mass is 79.9. The molecule has 0 amide bonds. The van der Waals surface area contributed by atoms with E-state index in [4.69, 9.17) is 5.73 Å². The maximum absolute atomic E-state index is 13.4. The summed E-state index contributed by atoms with van der Waals surface area (Å²) in [6, 6.07) is 7.34. The minimum absolute atomic E-state index is 0.00450. The molecule has 3 N–H and O–H groups in total. The second-order valence-electron chi connectivity index (χ2n) is 4.06. The van der Waals surface area contributed by atoms with E-state index in [1.165, 1.54) is 24.3 Å². The Kier molecular flexibility index (Phi) is 3.89. The van der Waals surface area contributed by atoms with Crippen LogP contribution in [0.15, 0.2) is 40.9 Å². The summed E-state index contributed by atoms with van der Waals surface area (Å²) < 4.78 is 52.3. The van der Waals surface area contributed by atoms with Crippen molar-refractivity contribution in [2.75, 3.05) is 11.1 Å². The average molecular weight is 349 g/mol. The van der Waals surface area contributed by atoms with E-state index in [1.807, 2.05) is 0 Å². The zero-order valence-corrected chi connectivity index (χ0v) is 11.5. The number of nitrogen functional groups attached to an aromatic ring is 1. The van der Waals surface area contributed by atoms with Crippen LogP contribution in [0.25, 0.3) is 0 Å². The first-order valence-electron chi connectivity index (χ1n) is 5.46. The molecule has 0 aliphatic heterocycles. The zero-order valence-electron chi connectivity index (χ0n) is 9.93. The molecule has 0 aliphatic rings. The summed E-state index contributed by atoms with van der Waals surface area (Å²) in [6.07, 6.45) is -4.55. The Morgan fingerprint density at radius 3 is 2.35 bits per heavy atom. The van der Waals surface area contributed by atoms with Crippen molar-refractivity contribution in [3.05, 3.63) is 52.3 Å². The fourth-order valence-electron chi connectivity index (χ4n) is 1.63. The zero-order chi connectivity index (χ0) is 14.9. The normalized spacial score (nSPS) is 11.4. The van der Waals surface area contributed by atoms with E-state index in [0.29, 0.717) is 0 Å². The molecule has 0 aliphatic carbocycles. The molecule has 0 fully saturated rings. The Bertz CT molecular complexity index is 641. The Morgan fingerprint density at radius 1 is 1.05 bits per heavy atom. The van der Waals surface area contributed by atoms with Crippen molar-refractivity contribution in [1.82, 2.24) is 0 Å². The summed E-state index contributed by atoms with van der Waals surface area (Å²) in [6.45, 7) is 0. The van der Waals surface area contributed by atoms with Crippen LogP contribution in [0, 0.1) is 5.82 Å². The summed E-state index contributed by atoms with van der Waals surface area (Å²) in [7, 11) is 0. The van der Waals surface area contributed by atoms with E-state index >= 15 is 0 Å². The predicted octanol–water partition coefficient (Wildman–Crippen LogP) is 4.93. The number of nitrogens with two attached hydrogens (primary N) is 1. The van der Waals surface area contributed by atoms with Crippen molar-refractivity contribution >= 4 is 33.0 Å². The summed E-state index contributed by atoms with van der Waals surface area (Å²) in [5.41, 5.74) is 4.49. The van der Waals surface area contributed by atoms with Gasteiger partial charge >= 0.3 is 6.18 Å². The number of benzene rings is 2. The molecule has 0 radical (unpaired) electrons. The number of halogens is 5. The van der Waals surface area contributed by atoms with Crippen LogP contribution in [-0.2, 0) is 6.18 Å². The van der Waals surface area contributed by atoms with Crippen molar-refractivity contribution in [3.63, 3.8) is 0 Å². The van der Waals surface area contributed by atoms with Gasteiger partial charge in [0.2, 0.25) is 0 Å². The van der Waals surface area contributed by atoms with Gasteiger partial charge in [0.15, 0.2) is 0 Å². The number of nitrogens with one attached hydrogen (secondary N) is 1. The van der Waals surface area contributed by atoms with Crippen molar-refractivity contribution in [3.8, 4) is 0 Å². The second kappa shape index (κ2) is 5.32. The molecule has 0 spiro atoms. The summed E-state index contributed by atoms with van der Waals surface area (Å²) in [4.78, 5) is 0. The van der Waals surface area contributed by atoms with Crippen LogP contribution >= 0.6 is 15.9 Å². The van der Waals surface area contributed by atoms with Gasteiger partial charge < -0.3 is 11.1 Å². The van der Waals surface area contributed by atoms with Crippen molar-refractivity contribution in [2.24, 2.45) is 0 Å². The van der Waals surface area contributed by atoms with Crippen LogP contribution in [0.4, 0.5) is 34.6 Å². The third-order valence-corrected chi connectivity index (χ3v) is 3.19. The Morgan fingerprint density at radius 2 is 1.75 bits per heavy atom. The van der Waals surface area contributed by atoms with Gasteiger partial charge in [-0.3, -0.25) is 0 Å². The molecule has 0 aromatic heterocycles. The topological polar surface area (TPSA) is 38.0 Å². The molecule has 2 rings (SSSR count). The van der Waals surface area contributed by atoms with Gasteiger partial charge in [-0.25, -0.2) is 4.39 Å². The Hall–Kier alpha value is -1.76. The monoisotopic (exact) mass is 348 g/mol. The smallest absolute Gasteiger partial charge is 0.399 e. The summed E-state index contributed by atoms with van der Waals surface area (Å²) >= 11 is 2.97. The first-order chi connectivity index (χ1) is 9.27. The molecular weight excluding hydrogens is 340 g/mol. The number of rotatable bonds is 2. The minimum Gasteiger partial charge on any atom is -0.399 e. The maximum Gasteiger partial charge on any atom is 0.418 e. The number of anilines is 3. The van der Waals surface area contributed by atoms with Crippen molar-refractivity contribution in [1.29, 1.82) is 0 Å². The molecule has 20 heavy (non-hydrogen) atoms. The van der Waals surface area contributed by atoms with Crippen LogP contribution in [0.5, 0.6) is 0 Å². The number of hydrogen-bond donors (Lipinski definition) is 2. The molecular formula is C13H9BrF4N2. The third kappa shape index (κ3) is 3.22. The van der Waals surface area contributed by atoms with Gasteiger partial charge in [0.25, 0.3) is 0 Å². The summed E-state index contributed by atoms with van der Waals surface area (Å²) in [5, 5.41) is 2.54. The quantitative estimate of drug-likeness (QED) is 0.596. The van der Waals surface area contributed by atoms with Crippen molar-refractivity contribution < 1.29 is 17.6 Å². The molecule has 2 nitrogen and oxygen atoms in total. The average Bonchev–Trinajstić information content (AvgIpc) is 2.35. The number of hydrogen-bond acceptors (Lipinski definition) is 2. The lowest BCUT2D eigenvalue weighted by Crippen LogP contribution is -2.09. The number of alkyl halides is 3. The van der Waals surface area contributed by atoms with Gasteiger partial charge in [0.1, 0.15) is 5.82 Å².